The number of pyridine rings is 1. The van der Waals surface area contributed by atoms with E-state index in [-0.39, 0.29) is 61.1 Å². The summed E-state index contributed by atoms with van der Waals surface area (Å²) < 4.78 is 72.2. The molecule has 1 aromatic carbocycles. The quantitative estimate of drug-likeness (QED) is 0.170. The maximum Gasteiger partial charge on any atom is 0.433 e. The highest BCUT2D eigenvalue weighted by atomic mass is 32.1. The second-order valence-corrected chi connectivity index (χ2v) is 14.8. The van der Waals surface area contributed by atoms with Crippen molar-refractivity contribution in [3.63, 3.8) is 0 Å². The normalized spacial score (nSPS) is 22.4. The summed E-state index contributed by atoms with van der Waals surface area (Å²) in [6.45, 7) is 10.6. The molecular formula is C36H40F4N6O2S. The van der Waals surface area contributed by atoms with Crippen LogP contribution in [-0.4, -0.2) is 71.4 Å². The zero-order chi connectivity index (χ0) is 34.5. The van der Waals surface area contributed by atoms with Crippen LogP contribution in [0.25, 0.3) is 32.2 Å². The van der Waals surface area contributed by atoms with Gasteiger partial charge in [0.1, 0.15) is 17.4 Å². The highest BCUT2D eigenvalue weighted by Gasteiger charge is 2.46. The van der Waals surface area contributed by atoms with Crippen LogP contribution >= 0.6 is 11.3 Å². The molecule has 1 unspecified atom stereocenters. The van der Waals surface area contributed by atoms with Crippen LogP contribution in [0.15, 0.2) is 18.2 Å². The van der Waals surface area contributed by atoms with Gasteiger partial charge in [0.15, 0.2) is 11.5 Å². The number of alkyl halides is 3. The van der Waals surface area contributed by atoms with Crippen LogP contribution < -0.4 is 9.64 Å². The Labute approximate surface area is 287 Å². The molecule has 0 spiro atoms. The minimum Gasteiger partial charge on any atom is -0.463 e. The highest BCUT2D eigenvalue weighted by molar-refractivity contribution is 7.19. The van der Waals surface area contributed by atoms with Gasteiger partial charge in [-0.25, -0.2) is 9.37 Å². The summed E-state index contributed by atoms with van der Waals surface area (Å²) in [7, 11) is 0. The molecule has 0 saturated carbocycles. The first-order valence-corrected chi connectivity index (χ1v) is 18.0. The molecule has 49 heavy (non-hydrogen) atoms. The van der Waals surface area contributed by atoms with E-state index in [1.165, 1.54) is 12.1 Å². The van der Waals surface area contributed by atoms with E-state index in [1.807, 2.05) is 18.7 Å². The Morgan fingerprint density at radius 2 is 1.98 bits per heavy atom. The summed E-state index contributed by atoms with van der Waals surface area (Å²) in [6, 6.07) is 6.06. The molecule has 3 fully saturated rings. The van der Waals surface area contributed by atoms with Crippen molar-refractivity contribution in [2.75, 3.05) is 50.9 Å². The van der Waals surface area contributed by atoms with Gasteiger partial charge in [-0.05, 0) is 74.6 Å². The summed E-state index contributed by atoms with van der Waals surface area (Å²) in [5.41, 5.74) is -0.869. The van der Waals surface area contributed by atoms with E-state index in [1.54, 1.807) is 0 Å². The third kappa shape index (κ3) is 6.21. The summed E-state index contributed by atoms with van der Waals surface area (Å²) in [5.74, 6) is 0.212. The molecule has 7 rings (SSSR count). The van der Waals surface area contributed by atoms with Gasteiger partial charge in [-0.2, -0.15) is 28.4 Å². The van der Waals surface area contributed by atoms with Crippen LogP contribution in [0, 0.1) is 23.1 Å². The van der Waals surface area contributed by atoms with Crippen molar-refractivity contribution < 1.29 is 27.0 Å². The second-order valence-electron chi connectivity index (χ2n) is 13.8. The Morgan fingerprint density at radius 3 is 2.76 bits per heavy atom. The third-order valence-corrected chi connectivity index (χ3v) is 11.9. The van der Waals surface area contributed by atoms with E-state index in [0.717, 1.165) is 56.2 Å². The van der Waals surface area contributed by atoms with Crippen LogP contribution in [0.2, 0.25) is 0 Å². The van der Waals surface area contributed by atoms with Crippen molar-refractivity contribution in [3.8, 4) is 23.2 Å². The van der Waals surface area contributed by atoms with Crippen molar-refractivity contribution in [1.82, 2.24) is 19.9 Å². The average molecular weight is 697 g/mol. The fourth-order valence-corrected chi connectivity index (χ4v) is 9.38. The number of ether oxygens (including phenoxy) is 2. The van der Waals surface area contributed by atoms with E-state index < -0.39 is 17.7 Å². The molecule has 3 atom stereocenters. The number of benzene rings is 1. The fraction of sp³-hybridized carbons (Fsp3) is 0.556. The van der Waals surface area contributed by atoms with Gasteiger partial charge in [-0.15, -0.1) is 11.3 Å². The number of thiophene rings is 1. The lowest BCUT2D eigenvalue weighted by Crippen LogP contribution is -2.39. The van der Waals surface area contributed by atoms with Gasteiger partial charge in [0.25, 0.3) is 0 Å². The van der Waals surface area contributed by atoms with Gasteiger partial charge >= 0.3 is 12.2 Å². The molecular weight excluding hydrogens is 656 g/mol. The second kappa shape index (κ2) is 13.3. The molecule has 260 valence electrons. The number of nitriles is 1. The molecule has 0 bridgehead atoms. The molecule has 4 aromatic rings. The number of hydrogen-bond acceptors (Lipinski definition) is 9. The van der Waals surface area contributed by atoms with E-state index in [9.17, 15) is 18.4 Å². The summed E-state index contributed by atoms with van der Waals surface area (Å²) in [4.78, 5) is 18.7. The molecule has 3 aliphatic heterocycles. The smallest absolute Gasteiger partial charge is 0.433 e. The topological polar surface area (TPSA) is 87.4 Å². The molecule has 0 amide bonds. The lowest BCUT2D eigenvalue weighted by Gasteiger charge is -2.31. The van der Waals surface area contributed by atoms with Gasteiger partial charge in [0.2, 0.25) is 0 Å². The average Bonchev–Trinajstić information content (AvgIpc) is 3.65. The first kappa shape index (κ1) is 33.9. The van der Waals surface area contributed by atoms with Crippen molar-refractivity contribution >= 4 is 38.3 Å². The molecule has 3 aliphatic rings. The number of aromatic nitrogens is 3. The molecule has 3 saturated heterocycles. The number of anilines is 1. The van der Waals surface area contributed by atoms with Gasteiger partial charge in [-0.1, -0.05) is 26.8 Å². The first-order valence-electron chi connectivity index (χ1n) is 17.2. The van der Waals surface area contributed by atoms with Gasteiger partial charge < -0.3 is 14.4 Å². The van der Waals surface area contributed by atoms with Crippen LogP contribution in [-0.2, 0) is 10.9 Å². The monoisotopic (exact) mass is 696 g/mol. The minimum absolute atomic E-state index is 0.0000189. The standard InChI is InChI=1S/C36H40F4N6O2S/c1-4-22(3)30-25(19-41)28-23(7-8-26(37)31(28)49-30)24-17-27-29(43-32(24)36(38,39)40)33(45-11-6-14-47-16-13-45)44-34(42-27)48-15-10-35-9-5-12-46(35)20-21(2)18-35/h7-8,17,21-22H,4-6,9-16,18,20H2,1-3H3/t21-,22?,35-/m1/s1. The van der Waals surface area contributed by atoms with Crippen molar-refractivity contribution in [3.05, 3.63) is 40.2 Å². The third-order valence-electron chi connectivity index (χ3n) is 10.5. The zero-order valence-electron chi connectivity index (χ0n) is 28.0. The van der Waals surface area contributed by atoms with Gasteiger partial charge in [-0.3, -0.25) is 4.90 Å². The van der Waals surface area contributed by atoms with E-state index in [0.29, 0.717) is 56.5 Å². The Kier molecular flexibility index (Phi) is 9.17. The van der Waals surface area contributed by atoms with E-state index >= 15 is 4.39 Å². The van der Waals surface area contributed by atoms with Crippen LogP contribution in [0.4, 0.5) is 23.4 Å². The summed E-state index contributed by atoms with van der Waals surface area (Å²) >= 11 is 1.12. The van der Waals surface area contributed by atoms with Crippen molar-refractivity contribution in [2.45, 2.75) is 76.9 Å². The number of fused-ring (bicyclic) bond motifs is 3. The Balaban J connectivity index is 1.38. The maximum atomic E-state index is 15.3. The Hall–Kier alpha value is -3.60. The number of nitrogens with zero attached hydrogens (tertiary/aromatic N) is 6. The van der Waals surface area contributed by atoms with Crippen LogP contribution in [0.5, 0.6) is 6.01 Å². The molecule has 0 aliphatic carbocycles. The summed E-state index contributed by atoms with van der Waals surface area (Å²) in [5, 5.41) is 10.4. The molecule has 8 nitrogen and oxygen atoms in total. The van der Waals surface area contributed by atoms with Crippen molar-refractivity contribution in [1.29, 1.82) is 5.26 Å². The van der Waals surface area contributed by atoms with E-state index in [4.69, 9.17) is 9.47 Å². The first-order chi connectivity index (χ1) is 23.5. The zero-order valence-corrected chi connectivity index (χ0v) is 28.8. The van der Waals surface area contributed by atoms with Gasteiger partial charge in [0.05, 0.1) is 29.0 Å². The van der Waals surface area contributed by atoms with Crippen LogP contribution in [0.3, 0.4) is 0 Å². The number of rotatable bonds is 8. The predicted octanol–water partition coefficient (Wildman–Crippen LogP) is 8.32. The molecule has 0 N–H and O–H groups in total. The van der Waals surface area contributed by atoms with Gasteiger partial charge in [0, 0.05) is 47.6 Å². The number of hydrogen-bond donors (Lipinski definition) is 0. The lowest BCUT2D eigenvalue weighted by molar-refractivity contribution is -0.140. The van der Waals surface area contributed by atoms with E-state index in [2.05, 4.69) is 32.8 Å². The molecule has 6 heterocycles. The van der Waals surface area contributed by atoms with Crippen molar-refractivity contribution in [2.24, 2.45) is 5.92 Å². The lowest BCUT2D eigenvalue weighted by atomic mass is 9.88. The largest absolute Gasteiger partial charge is 0.463 e. The predicted molar refractivity (Wildman–Crippen MR) is 182 cm³/mol. The Bertz CT molecular complexity index is 1920. The maximum absolute atomic E-state index is 15.3. The fourth-order valence-electron chi connectivity index (χ4n) is 8.06. The summed E-state index contributed by atoms with van der Waals surface area (Å²) in [6.07, 6.45) is 0.678. The Morgan fingerprint density at radius 1 is 1.14 bits per heavy atom. The minimum atomic E-state index is -4.87. The highest BCUT2D eigenvalue weighted by Crippen LogP contribution is 2.47. The molecule has 13 heteroatoms. The molecule has 3 aromatic heterocycles. The number of halogens is 4. The SMILES string of the molecule is CCC(C)c1sc2c(F)ccc(-c3cc4nc(OCC[C@@]56CCCN5C[C@H](C)C6)nc(N5CCCOCC5)c4nc3C(F)(F)F)c2c1C#N. The molecule has 0 radical (unpaired) electrons. The van der Waals surface area contributed by atoms with Crippen LogP contribution in [0.1, 0.15) is 81.3 Å².